The number of rotatable bonds is 9. The third-order valence-corrected chi connectivity index (χ3v) is 3.92. The third kappa shape index (κ3) is 8.71. The molecule has 0 saturated carbocycles. The second-order valence-corrected chi connectivity index (χ2v) is 6.54. The summed E-state index contributed by atoms with van der Waals surface area (Å²) in [5.41, 5.74) is 1.95. The number of halogens is 1. The summed E-state index contributed by atoms with van der Waals surface area (Å²) in [5, 5.41) is 13.2. The molecule has 3 N–H and O–H groups in total. The lowest BCUT2D eigenvalue weighted by atomic mass is 10.1. The number of benzene rings is 1. The van der Waals surface area contributed by atoms with Gasteiger partial charge >= 0.3 is 0 Å². The van der Waals surface area contributed by atoms with Gasteiger partial charge in [0.15, 0.2) is 18.3 Å². The van der Waals surface area contributed by atoms with Crippen molar-refractivity contribution in [1.29, 1.82) is 0 Å². The van der Waals surface area contributed by atoms with Crippen molar-refractivity contribution in [3.8, 4) is 5.75 Å². The lowest BCUT2D eigenvalue weighted by Crippen LogP contribution is -2.36. The molecule has 2 aromatic rings. The summed E-state index contributed by atoms with van der Waals surface area (Å²) in [6, 6.07) is 9.53. The van der Waals surface area contributed by atoms with Crippen molar-refractivity contribution in [3.63, 3.8) is 0 Å². The highest BCUT2D eigenvalue weighted by Gasteiger charge is 2.08. The number of nitrogens with zero attached hydrogens (tertiary/aromatic N) is 2. The smallest absolute Gasteiger partial charge is 0.257 e. The van der Waals surface area contributed by atoms with E-state index in [0.29, 0.717) is 37.3 Å². The van der Waals surface area contributed by atoms with E-state index in [2.05, 4.69) is 39.9 Å². The Kier molecular flexibility index (Phi) is 11.1. The number of likely N-dealkylation sites (N-methyl/N-ethyl adjacent to an activating group) is 1. The van der Waals surface area contributed by atoms with Crippen LogP contribution in [0.1, 0.15) is 43.7 Å². The van der Waals surface area contributed by atoms with Crippen LogP contribution in [0, 0.1) is 0 Å². The molecule has 0 fully saturated rings. The van der Waals surface area contributed by atoms with Crippen LogP contribution in [0.5, 0.6) is 5.75 Å². The van der Waals surface area contributed by atoms with Crippen LogP contribution in [-0.2, 0) is 17.9 Å². The average molecular weight is 515 g/mol. The van der Waals surface area contributed by atoms with E-state index >= 15 is 0 Å². The Hall–Kier alpha value is -2.30. The van der Waals surface area contributed by atoms with Crippen molar-refractivity contribution >= 4 is 35.8 Å². The molecule has 160 valence electrons. The third-order valence-electron chi connectivity index (χ3n) is 3.92. The van der Waals surface area contributed by atoms with E-state index in [1.807, 2.05) is 37.3 Å². The normalized spacial score (nSPS) is 11.0. The Balaban J connectivity index is 0.00000420. The van der Waals surface area contributed by atoms with Gasteiger partial charge in [0, 0.05) is 26.2 Å². The number of aliphatic imine (C=N–C) groups is 1. The van der Waals surface area contributed by atoms with E-state index in [0.717, 1.165) is 17.0 Å². The Morgan fingerprint density at radius 2 is 1.97 bits per heavy atom. The SMILES string of the molecule is CCNC(=O)COc1cccc(CNC(=NC)NCc2cc(C(C)C)no2)c1.I. The van der Waals surface area contributed by atoms with Gasteiger partial charge in [-0.25, -0.2) is 0 Å². The number of ether oxygens (including phenoxy) is 1. The standard InChI is InChI=1S/C20H29N5O3.HI/c1-5-22-19(26)13-27-16-8-6-7-15(9-16)11-23-20(21-4)24-12-17-10-18(14(2)3)25-28-17;/h6-10,14H,5,11-13H2,1-4H3,(H,22,26)(H2,21,23,24);1H. The van der Waals surface area contributed by atoms with Gasteiger partial charge in [0.25, 0.3) is 5.91 Å². The molecule has 0 unspecified atom stereocenters. The zero-order valence-corrected chi connectivity index (χ0v) is 19.7. The number of nitrogens with one attached hydrogen (secondary N) is 3. The lowest BCUT2D eigenvalue weighted by Gasteiger charge is -2.12. The van der Waals surface area contributed by atoms with Crippen LogP contribution < -0.4 is 20.7 Å². The fourth-order valence-corrected chi connectivity index (χ4v) is 2.40. The molecule has 1 amide bonds. The van der Waals surface area contributed by atoms with Crippen molar-refractivity contribution in [3.05, 3.63) is 47.3 Å². The number of guanidine groups is 1. The van der Waals surface area contributed by atoms with Crippen LogP contribution in [-0.4, -0.2) is 37.2 Å². The van der Waals surface area contributed by atoms with Crippen molar-refractivity contribution in [2.45, 2.75) is 39.8 Å². The fraction of sp³-hybridized carbons (Fsp3) is 0.450. The van der Waals surface area contributed by atoms with Gasteiger partial charge in [-0.1, -0.05) is 31.1 Å². The Bertz CT molecular complexity index is 792. The van der Waals surface area contributed by atoms with E-state index in [1.165, 1.54) is 0 Å². The minimum Gasteiger partial charge on any atom is -0.484 e. The van der Waals surface area contributed by atoms with E-state index in [9.17, 15) is 4.79 Å². The number of amides is 1. The number of hydrogen-bond donors (Lipinski definition) is 3. The van der Waals surface area contributed by atoms with Gasteiger partial charge in [-0.15, -0.1) is 24.0 Å². The quantitative estimate of drug-likeness (QED) is 0.270. The summed E-state index contributed by atoms with van der Waals surface area (Å²) in [5.74, 6) is 2.25. The van der Waals surface area contributed by atoms with Gasteiger partial charge in [-0.3, -0.25) is 9.79 Å². The molecule has 0 aliphatic rings. The van der Waals surface area contributed by atoms with E-state index in [4.69, 9.17) is 9.26 Å². The van der Waals surface area contributed by atoms with Crippen molar-refractivity contribution in [1.82, 2.24) is 21.1 Å². The maximum atomic E-state index is 11.5. The molecule has 0 aliphatic carbocycles. The predicted molar refractivity (Wildman–Crippen MR) is 124 cm³/mol. The molecule has 0 atom stereocenters. The highest BCUT2D eigenvalue weighted by Crippen LogP contribution is 2.14. The second-order valence-electron chi connectivity index (χ2n) is 6.54. The number of carbonyl (C=O) groups excluding carboxylic acids is 1. The van der Waals surface area contributed by atoms with Gasteiger partial charge in [0.1, 0.15) is 5.75 Å². The van der Waals surface area contributed by atoms with Crippen molar-refractivity contribution < 1.29 is 14.1 Å². The molecular weight excluding hydrogens is 485 g/mol. The number of carbonyl (C=O) groups is 1. The summed E-state index contributed by atoms with van der Waals surface area (Å²) < 4.78 is 10.8. The minimum absolute atomic E-state index is 0. The van der Waals surface area contributed by atoms with Gasteiger partial charge in [-0.05, 0) is 30.5 Å². The van der Waals surface area contributed by atoms with E-state index in [-0.39, 0.29) is 36.5 Å². The zero-order valence-electron chi connectivity index (χ0n) is 17.3. The van der Waals surface area contributed by atoms with Gasteiger partial charge in [0.2, 0.25) is 0 Å². The molecule has 2 rings (SSSR count). The fourth-order valence-electron chi connectivity index (χ4n) is 2.40. The number of aromatic nitrogens is 1. The van der Waals surface area contributed by atoms with Crippen molar-refractivity contribution in [2.24, 2.45) is 4.99 Å². The minimum atomic E-state index is -0.135. The molecule has 8 nitrogen and oxygen atoms in total. The molecule has 29 heavy (non-hydrogen) atoms. The zero-order chi connectivity index (χ0) is 20.4. The van der Waals surface area contributed by atoms with E-state index < -0.39 is 0 Å². The lowest BCUT2D eigenvalue weighted by molar-refractivity contribution is -0.122. The summed E-state index contributed by atoms with van der Waals surface area (Å²) in [7, 11) is 1.71. The summed E-state index contributed by atoms with van der Waals surface area (Å²) in [6.07, 6.45) is 0. The maximum absolute atomic E-state index is 11.5. The van der Waals surface area contributed by atoms with Gasteiger partial charge < -0.3 is 25.2 Å². The van der Waals surface area contributed by atoms with Crippen LogP contribution in [0.3, 0.4) is 0 Å². The molecule has 9 heteroatoms. The first-order valence-corrected chi connectivity index (χ1v) is 9.40. The van der Waals surface area contributed by atoms with Crippen LogP contribution in [0.25, 0.3) is 0 Å². The first-order chi connectivity index (χ1) is 13.5. The molecule has 0 bridgehead atoms. The Labute approximate surface area is 188 Å². The Morgan fingerprint density at radius 1 is 1.21 bits per heavy atom. The van der Waals surface area contributed by atoms with Crippen LogP contribution >= 0.6 is 24.0 Å². The molecule has 1 aromatic heterocycles. The monoisotopic (exact) mass is 515 g/mol. The molecular formula is C20H30IN5O3. The van der Waals surface area contributed by atoms with Gasteiger partial charge in [0.05, 0.1) is 12.2 Å². The molecule has 0 radical (unpaired) electrons. The molecule has 0 saturated heterocycles. The van der Waals surface area contributed by atoms with Crippen LogP contribution in [0.2, 0.25) is 0 Å². The van der Waals surface area contributed by atoms with Crippen LogP contribution in [0.15, 0.2) is 39.8 Å². The molecule has 1 aromatic carbocycles. The topological polar surface area (TPSA) is 101 Å². The van der Waals surface area contributed by atoms with E-state index in [1.54, 1.807) is 7.05 Å². The highest BCUT2D eigenvalue weighted by molar-refractivity contribution is 14.0. The molecule has 0 aliphatic heterocycles. The Morgan fingerprint density at radius 3 is 2.62 bits per heavy atom. The number of hydrogen-bond acceptors (Lipinski definition) is 5. The van der Waals surface area contributed by atoms with Gasteiger partial charge in [-0.2, -0.15) is 0 Å². The maximum Gasteiger partial charge on any atom is 0.257 e. The summed E-state index contributed by atoms with van der Waals surface area (Å²) in [6.45, 7) is 7.67. The van der Waals surface area contributed by atoms with Crippen molar-refractivity contribution in [2.75, 3.05) is 20.2 Å². The summed E-state index contributed by atoms with van der Waals surface area (Å²) in [4.78, 5) is 15.7. The van der Waals surface area contributed by atoms with Crippen LogP contribution in [0.4, 0.5) is 0 Å². The molecule has 0 spiro atoms. The first-order valence-electron chi connectivity index (χ1n) is 9.40. The molecule has 1 heterocycles. The highest BCUT2D eigenvalue weighted by atomic mass is 127. The average Bonchev–Trinajstić information content (AvgIpc) is 3.16. The largest absolute Gasteiger partial charge is 0.484 e. The first kappa shape index (κ1) is 24.7. The summed E-state index contributed by atoms with van der Waals surface area (Å²) >= 11 is 0. The predicted octanol–water partition coefficient (Wildman–Crippen LogP) is 2.80. The second kappa shape index (κ2) is 13.0.